The molecule has 0 aliphatic heterocycles. The van der Waals surface area contributed by atoms with Crippen molar-refractivity contribution in [3.63, 3.8) is 0 Å². The lowest BCUT2D eigenvalue weighted by atomic mass is 10.00. The fourth-order valence-electron chi connectivity index (χ4n) is 1.74. The molecule has 1 aliphatic rings. The van der Waals surface area contributed by atoms with Crippen LogP contribution in [0.15, 0.2) is 12.1 Å². The number of ketones is 1. The topological polar surface area (TPSA) is 17.1 Å². The highest BCUT2D eigenvalue weighted by Crippen LogP contribution is 2.38. The van der Waals surface area contributed by atoms with Crippen LogP contribution in [0.25, 0.3) is 0 Å². The van der Waals surface area contributed by atoms with Gasteiger partial charge in [-0.1, -0.05) is 13.8 Å². The van der Waals surface area contributed by atoms with Crippen LogP contribution in [0.3, 0.4) is 0 Å². The van der Waals surface area contributed by atoms with Crippen molar-refractivity contribution in [1.82, 2.24) is 0 Å². The summed E-state index contributed by atoms with van der Waals surface area (Å²) >= 11 is 1.66. The predicted octanol–water partition coefficient (Wildman–Crippen LogP) is 3.54. The molecule has 0 amide bonds. The van der Waals surface area contributed by atoms with Crippen LogP contribution in [0.2, 0.25) is 0 Å². The molecule has 0 radical (unpaired) electrons. The predicted molar refractivity (Wildman–Crippen MR) is 59.9 cm³/mol. The Morgan fingerprint density at radius 3 is 2.79 bits per heavy atom. The summed E-state index contributed by atoms with van der Waals surface area (Å²) in [6.07, 6.45) is 3.54. The molecular weight excluding hydrogens is 192 g/mol. The van der Waals surface area contributed by atoms with Gasteiger partial charge in [0.15, 0.2) is 5.78 Å². The molecular formula is C12H16OS. The molecule has 1 saturated carbocycles. The van der Waals surface area contributed by atoms with E-state index in [1.807, 2.05) is 6.07 Å². The summed E-state index contributed by atoms with van der Waals surface area (Å²) < 4.78 is 0. The summed E-state index contributed by atoms with van der Waals surface area (Å²) in [6, 6.07) is 4.07. The van der Waals surface area contributed by atoms with E-state index in [2.05, 4.69) is 19.9 Å². The molecule has 0 spiro atoms. The second-order valence-corrected chi connectivity index (χ2v) is 5.28. The molecule has 2 rings (SSSR count). The average molecular weight is 208 g/mol. The molecule has 1 aliphatic carbocycles. The van der Waals surface area contributed by atoms with Crippen molar-refractivity contribution in [2.75, 3.05) is 0 Å². The van der Waals surface area contributed by atoms with Gasteiger partial charge in [-0.25, -0.2) is 0 Å². The van der Waals surface area contributed by atoms with Crippen LogP contribution in [0.5, 0.6) is 0 Å². The second-order valence-electron chi connectivity index (χ2n) is 4.11. The summed E-state index contributed by atoms with van der Waals surface area (Å²) in [6.45, 7) is 4.20. The van der Waals surface area contributed by atoms with Gasteiger partial charge in [-0.3, -0.25) is 4.79 Å². The molecule has 0 bridgehead atoms. The number of carbonyl (C=O) groups excluding carboxylic acids is 1. The maximum atomic E-state index is 12.0. The van der Waals surface area contributed by atoms with Gasteiger partial charge in [-0.2, -0.15) is 0 Å². The van der Waals surface area contributed by atoms with Crippen LogP contribution in [0, 0.1) is 11.8 Å². The van der Waals surface area contributed by atoms with Crippen molar-refractivity contribution in [3.05, 3.63) is 21.9 Å². The molecule has 1 aromatic rings. The minimum absolute atomic E-state index is 0.248. The summed E-state index contributed by atoms with van der Waals surface area (Å²) in [5, 5.41) is 0. The standard InChI is InChI=1S/C12H16OS/c1-3-10-6-7-11(14-10)12(13)8(2)9-4-5-9/h6-9H,3-5H2,1-2H3. The van der Waals surface area contributed by atoms with E-state index in [-0.39, 0.29) is 5.92 Å². The van der Waals surface area contributed by atoms with Crippen LogP contribution in [-0.2, 0) is 6.42 Å². The average Bonchev–Trinajstić information content (AvgIpc) is 2.94. The lowest BCUT2D eigenvalue weighted by Crippen LogP contribution is -2.11. The number of Topliss-reactive ketones (excluding diaryl/α,β-unsaturated/α-hetero) is 1. The summed E-state index contributed by atoms with van der Waals surface area (Å²) in [7, 11) is 0. The SMILES string of the molecule is CCc1ccc(C(=O)C(C)C2CC2)s1. The molecule has 1 nitrogen and oxygen atoms in total. The highest BCUT2D eigenvalue weighted by Gasteiger charge is 2.33. The van der Waals surface area contributed by atoms with Gasteiger partial charge in [-0.05, 0) is 37.3 Å². The van der Waals surface area contributed by atoms with Gasteiger partial charge in [0, 0.05) is 10.8 Å². The molecule has 0 N–H and O–H groups in total. The molecule has 1 aromatic heterocycles. The first-order valence-corrected chi connectivity index (χ1v) is 6.17. The smallest absolute Gasteiger partial charge is 0.175 e. The Hall–Kier alpha value is -0.630. The van der Waals surface area contributed by atoms with Gasteiger partial charge >= 0.3 is 0 Å². The van der Waals surface area contributed by atoms with Gasteiger partial charge in [0.25, 0.3) is 0 Å². The maximum Gasteiger partial charge on any atom is 0.175 e. The lowest BCUT2D eigenvalue weighted by molar-refractivity contribution is 0.0920. The van der Waals surface area contributed by atoms with Crippen molar-refractivity contribution >= 4 is 17.1 Å². The zero-order valence-electron chi connectivity index (χ0n) is 8.75. The van der Waals surface area contributed by atoms with Crippen molar-refractivity contribution < 1.29 is 4.79 Å². The molecule has 0 saturated heterocycles. The summed E-state index contributed by atoms with van der Waals surface area (Å²) in [5.41, 5.74) is 0. The van der Waals surface area contributed by atoms with Gasteiger partial charge in [0.2, 0.25) is 0 Å². The molecule has 0 aromatic carbocycles. The number of carbonyl (C=O) groups is 1. The first-order valence-electron chi connectivity index (χ1n) is 5.35. The summed E-state index contributed by atoms with van der Waals surface area (Å²) in [5.74, 6) is 1.28. The van der Waals surface area contributed by atoms with E-state index in [9.17, 15) is 4.79 Å². The number of aryl methyl sites for hydroxylation is 1. The molecule has 2 heteroatoms. The molecule has 14 heavy (non-hydrogen) atoms. The Morgan fingerprint density at radius 2 is 2.29 bits per heavy atom. The first-order chi connectivity index (χ1) is 6.72. The minimum Gasteiger partial charge on any atom is -0.293 e. The van der Waals surface area contributed by atoms with E-state index in [0.717, 1.165) is 11.3 Å². The van der Waals surface area contributed by atoms with Gasteiger partial charge < -0.3 is 0 Å². The van der Waals surface area contributed by atoms with Crippen LogP contribution >= 0.6 is 11.3 Å². The van der Waals surface area contributed by atoms with E-state index in [1.54, 1.807) is 11.3 Å². The van der Waals surface area contributed by atoms with Gasteiger partial charge in [-0.15, -0.1) is 11.3 Å². The number of rotatable bonds is 4. The maximum absolute atomic E-state index is 12.0. The van der Waals surface area contributed by atoms with Crippen molar-refractivity contribution in [2.45, 2.75) is 33.1 Å². The molecule has 1 fully saturated rings. The van der Waals surface area contributed by atoms with Crippen LogP contribution < -0.4 is 0 Å². The second kappa shape index (κ2) is 3.85. The monoisotopic (exact) mass is 208 g/mol. The van der Waals surface area contributed by atoms with E-state index < -0.39 is 0 Å². The minimum atomic E-state index is 0.248. The quantitative estimate of drug-likeness (QED) is 0.692. The van der Waals surface area contributed by atoms with Crippen molar-refractivity contribution in [1.29, 1.82) is 0 Å². The van der Waals surface area contributed by atoms with Crippen LogP contribution in [-0.4, -0.2) is 5.78 Å². The van der Waals surface area contributed by atoms with E-state index in [1.165, 1.54) is 17.7 Å². The van der Waals surface area contributed by atoms with Gasteiger partial charge in [0.05, 0.1) is 4.88 Å². The Labute approximate surface area is 89.1 Å². The fourth-order valence-corrected chi connectivity index (χ4v) is 2.72. The van der Waals surface area contributed by atoms with E-state index in [4.69, 9.17) is 0 Å². The number of hydrogen-bond acceptors (Lipinski definition) is 2. The third kappa shape index (κ3) is 1.90. The van der Waals surface area contributed by atoms with Crippen molar-refractivity contribution in [2.24, 2.45) is 11.8 Å². The lowest BCUT2D eigenvalue weighted by Gasteiger charge is -2.05. The molecule has 1 atom stereocenters. The third-order valence-corrected chi connectivity index (χ3v) is 4.24. The largest absolute Gasteiger partial charge is 0.293 e. The van der Waals surface area contributed by atoms with E-state index in [0.29, 0.717) is 11.7 Å². The van der Waals surface area contributed by atoms with Crippen LogP contribution in [0.4, 0.5) is 0 Å². The first kappa shape index (κ1) is 9.91. The Bertz CT molecular complexity index is 336. The fraction of sp³-hybridized carbons (Fsp3) is 0.583. The number of hydrogen-bond donors (Lipinski definition) is 0. The Balaban J connectivity index is 2.09. The molecule has 1 unspecified atom stereocenters. The third-order valence-electron chi connectivity index (χ3n) is 3.00. The highest BCUT2D eigenvalue weighted by atomic mass is 32.1. The van der Waals surface area contributed by atoms with Crippen molar-refractivity contribution in [3.8, 4) is 0 Å². The normalized spacial score (nSPS) is 18.1. The summed E-state index contributed by atoms with van der Waals surface area (Å²) in [4.78, 5) is 14.2. The molecule has 76 valence electrons. The Kier molecular flexibility index (Phi) is 2.73. The van der Waals surface area contributed by atoms with Gasteiger partial charge in [0.1, 0.15) is 0 Å². The zero-order valence-corrected chi connectivity index (χ0v) is 9.56. The zero-order chi connectivity index (χ0) is 10.1. The van der Waals surface area contributed by atoms with Crippen LogP contribution in [0.1, 0.15) is 41.2 Å². The highest BCUT2D eigenvalue weighted by molar-refractivity contribution is 7.14. The molecule has 1 heterocycles. The Morgan fingerprint density at radius 1 is 1.57 bits per heavy atom. The van der Waals surface area contributed by atoms with E-state index >= 15 is 0 Å². The number of thiophene rings is 1.